The Bertz CT molecular complexity index is 461. The van der Waals surface area contributed by atoms with Gasteiger partial charge in [0, 0.05) is 5.41 Å². The van der Waals surface area contributed by atoms with Crippen LogP contribution >= 0.6 is 0 Å². The molecule has 2 rings (SSSR count). The lowest BCUT2D eigenvalue weighted by Gasteiger charge is -2.51. The molecule has 3 nitrogen and oxygen atoms in total. The van der Waals surface area contributed by atoms with Crippen LogP contribution in [0.2, 0.25) is 0 Å². The third-order valence-electron chi connectivity index (χ3n) is 6.88. The second-order valence-electron chi connectivity index (χ2n) is 11.3. The topological polar surface area (TPSA) is 49.7 Å². The van der Waals surface area contributed by atoms with Crippen molar-refractivity contribution in [3.8, 4) is 0 Å². The lowest BCUT2D eigenvalue weighted by Crippen LogP contribution is -2.55. The van der Waals surface area contributed by atoms with Crippen LogP contribution in [-0.4, -0.2) is 27.7 Å². The van der Waals surface area contributed by atoms with E-state index in [2.05, 4.69) is 55.4 Å². The average molecular weight is 341 g/mol. The van der Waals surface area contributed by atoms with E-state index in [1.807, 2.05) is 0 Å². The van der Waals surface area contributed by atoms with Crippen LogP contribution in [0.4, 0.5) is 0 Å². The Morgan fingerprint density at radius 3 is 2.12 bits per heavy atom. The summed E-state index contributed by atoms with van der Waals surface area (Å²) in [7, 11) is 0. The van der Waals surface area contributed by atoms with Gasteiger partial charge in [0.05, 0.1) is 5.60 Å². The predicted molar refractivity (Wildman–Crippen MR) is 98.7 cm³/mol. The maximum absolute atomic E-state index is 11.2. The molecule has 24 heavy (non-hydrogen) atoms. The number of fused-ring (bicyclic) bond motifs is 1. The Morgan fingerprint density at radius 1 is 1.04 bits per heavy atom. The minimum atomic E-state index is -0.869. The number of rotatable bonds is 4. The van der Waals surface area contributed by atoms with Gasteiger partial charge in [0.15, 0.2) is 6.29 Å². The summed E-state index contributed by atoms with van der Waals surface area (Å²) in [5.41, 5.74) is -1.70. The highest BCUT2D eigenvalue weighted by molar-refractivity contribution is 5.13. The largest absolute Gasteiger partial charge is 0.387 e. The monoisotopic (exact) mass is 340 g/mol. The highest BCUT2D eigenvalue weighted by Gasteiger charge is 2.62. The molecule has 142 valence electrons. The van der Waals surface area contributed by atoms with Crippen LogP contribution in [0.25, 0.3) is 0 Å². The summed E-state index contributed by atoms with van der Waals surface area (Å²) < 4.78 is 6.44. The summed E-state index contributed by atoms with van der Waals surface area (Å²) >= 11 is 0. The first-order valence-corrected chi connectivity index (χ1v) is 9.73. The molecule has 0 aromatic carbocycles. The minimum Gasteiger partial charge on any atom is -0.387 e. The van der Waals surface area contributed by atoms with E-state index in [9.17, 15) is 10.2 Å². The molecular weight excluding hydrogens is 300 g/mol. The van der Waals surface area contributed by atoms with E-state index in [0.717, 1.165) is 38.5 Å². The van der Waals surface area contributed by atoms with Gasteiger partial charge in [-0.25, -0.2) is 0 Å². The van der Waals surface area contributed by atoms with Gasteiger partial charge in [-0.3, -0.25) is 0 Å². The van der Waals surface area contributed by atoms with Crippen molar-refractivity contribution in [2.24, 2.45) is 22.2 Å². The summed E-state index contributed by atoms with van der Waals surface area (Å²) in [6, 6.07) is 0. The average Bonchev–Trinajstić information content (AvgIpc) is 2.73. The zero-order valence-corrected chi connectivity index (χ0v) is 17.2. The molecule has 0 aliphatic heterocycles. The van der Waals surface area contributed by atoms with Gasteiger partial charge in [0.1, 0.15) is 5.60 Å². The molecule has 0 aromatic rings. The Hall–Kier alpha value is -0.120. The Balaban J connectivity index is 2.30. The molecule has 2 saturated carbocycles. The zero-order chi connectivity index (χ0) is 18.6. The van der Waals surface area contributed by atoms with Gasteiger partial charge in [-0.15, -0.1) is 0 Å². The number of aliphatic hydroxyl groups is 2. The number of aliphatic hydroxyl groups excluding tert-OH is 1. The lowest BCUT2D eigenvalue weighted by molar-refractivity contribution is -0.287. The van der Waals surface area contributed by atoms with Crippen molar-refractivity contribution in [1.82, 2.24) is 0 Å². The van der Waals surface area contributed by atoms with E-state index in [1.165, 1.54) is 0 Å². The van der Waals surface area contributed by atoms with Crippen LogP contribution in [0.1, 0.15) is 93.9 Å². The van der Waals surface area contributed by atoms with Crippen molar-refractivity contribution >= 4 is 0 Å². The first-order chi connectivity index (χ1) is 10.6. The van der Waals surface area contributed by atoms with Gasteiger partial charge in [-0.1, -0.05) is 55.4 Å². The van der Waals surface area contributed by atoms with Crippen LogP contribution in [0.3, 0.4) is 0 Å². The predicted octanol–water partition coefficient (Wildman–Crippen LogP) is 4.89. The van der Waals surface area contributed by atoms with Crippen molar-refractivity contribution in [3.05, 3.63) is 0 Å². The molecule has 2 aliphatic rings. The molecule has 2 N–H and O–H groups in total. The van der Waals surface area contributed by atoms with Crippen molar-refractivity contribution in [1.29, 1.82) is 0 Å². The van der Waals surface area contributed by atoms with Gasteiger partial charge in [0.2, 0.25) is 0 Å². The molecule has 0 saturated heterocycles. The fourth-order valence-electron chi connectivity index (χ4n) is 5.30. The van der Waals surface area contributed by atoms with E-state index in [-0.39, 0.29) is 16.2 Å². The van der Waals surface area contributed by atoms with E-state index in [4.69, 9.17) is 4.74 Å². The smallest absolute Gasteiger partial charge is 0.161 e. The van der Waals surface area contributed by atoms with Gasteiger partial charge in [-0.2, -0.15) is 0 Å². The standard InChI is InChI=1S/C21H40O3/c1-15-12-20(23)10-9-11-21(20,13-15)24-16(22)19(8,18(5,6)7)14-17(2,3)4/h15-16,22-23H,9-14H2,1-8H3. The van der Waals surface area contributed by atoms with Crippen LogP contribution in [0, 0.1) is 22.2 Å². The number of ether oxygens (including phenoxy) is 1. The fraction of sp³-hybridized carbons (Fsp3) is 1.00. The lowest BCUT2D eigenvalue weighted by atomic mass is 9.60. The maximum atomic E-state index is 11.2. The second-order valence-corrected chi connectivity index (χ2v) is 11.3. The van der Waals surface area contributed by atoms with Crippen molar-refractivity contribution in [2.45, 2.75) is 111 Å². The SMILES string of the molecule is CC1CC2(O)CCCC2(OC(O)C(C)(CC(C)(C)C)C(C)(C)C)C1. The molecule has 0 amide bonds. The van der Waals surface area contributed by atoms with Gasteiger partial charge in [0.25, 0.3) is 0 Å². The highest BCUT2D eigenvalue weighted by atomic mass is 16.6. The molecule has 0 bridgehead atoms. The summed E-state index contributed by atoms with van der Waals surface area (Å²) in [6.07, 6.45) is 4.31. The Morgan fingerprint density at radius 2 is 1.62 bits per heavy atom. The summed E-state index contributed by atoms with van der Waals surface area (Å²) in [4.78, 5) is 0. The summed E-state index contributed by atoms with van der Waals surface area (Å²) in [6.45, 7) is 17.5. The van der Waals surface area contributed by atoms with Crippen molar-refractivity contribution in [3.63, 3.8) is 0 Å². The number of hydrogen-bond donors (Lipinski definition) is 2. The molecule has 0 spiro atoms. The molecular formula is C21H40O3. The van der Waals surface area contributed by atoms with E-state index < -0.39 is 17.5 Å². The third kappa shape index (κ3) is 3.41. The molecule has 0 aromatic heterocycles. The Labute approximate surface area is 149 Å². The zero-order valence-electron chi connectivity index (χ0n) is 17.2. The quantitative estimate of drug-likeness (QED) is 0.716. The molecule has 0 radical (unpaired) electrons. The van der Waals surface area contributed by atoms with Crippen LogP contribution < -0.4 is 0 Å². The molecule has 0 heterocycles. The first-order valence-electron chi connectivity index (χ1n) is 9.73. The molecule has 5 atom stereocenters. The van der Waals surface area contributed by atoms with Crippen molar-refractivity contribution < 1.29 is 14.9 Å². The summed E-state index contributed by atoms with van der Waals surface area (Å²) in [5, 5.41) is 22.4. The van der Waals surface area contributed by atoms with E-state index >= 15 is 0 Å². The van der Waals surface area contributed by atoms with Crippen LogP contribution in [0.5, 0.6) is 0 Å². The van der Waals surface area contributed by atoms with E-state index in [0.29, 0.717) is 5.92 Å². The molecule has 2 fully saturated rings. The molecule has 2 aliphatic carbocycles. The van der Waals surface area contributed by atoms with Gasteiger partial charge < -0.3 is 14.9 Å². The first kappa shape index (κ1) is 20.2. The van der Waals surface area contributed by atoms with Crippen LogP contribution in [0.15, 0.2) is 0 Å². The van der Waals surface area contributed by atoms with Crippen LogP contribution in [-0.2, 0) is 4.74 Å². The Kier molecular flexibility index (Phi) is 5.01. The van der Waals surface area contributed by atoms with Crippen molar-refractivity contribution in [2.75, 3.05) is 0 Å². The number of hydrogen-bond acceptors (Lipinski definition) is 3. The van der Waals surface area contributed by atoms with Gasteiger partial charge >= 0.3 is 0 Å². The normalized spacial score (nSPS) is 38.0. The molecule has 3 heteroatoms. The minimum absolute atomic E-state index is 0.0962. The van der Waals surface area contributed by atoms with E-state index in [1.54, 1.807) is 0 Å². The highest BCUT2D eigenvalue weighted by Crippen LogP contribution is 2.58. The fourth-order valence-corrected chi connectivity index (χ4v) is 5.30. The maximum Gasteiger partial charge on any atom is 0.161 e. The molecule has 5 unspecified atom stereocenters. The van der Waals surface area contributed by atoms with Gasteiger partial charge in [-0.05, 0) is 55.3 Å². The second kappa shape index (κ2) is 5.96. The summed E-state index contributed by atoms with van der Waals surface area (Å²) in [5.74, 6) is 0.450. The third-order valence-corrected chi connectivity index (χ3v) is 6.88.